The number of benzene rings is 2. The summed E-state index contributed by atoms with van der Waals surface area (Å²) in [7, 11) is 0. The standard InChI is InChI=1S/C13H8Br2Cl2/c14-10-3-1-8(2-4-10)13(15)9-5-11(16)7-12(17)6-9/h1-7,13H. The van der Waals surface area contributed by atoms with Crippen molar-refractivity contribution in [1.82, 2.24) is 0 Å². The second-order valence-electron chi connectivity index (χ2n) is 3.62. The molecule has 1 unspecified atom stereocenters. The van der Waals surface area contributed by atoms with Crippen molar-refractivity contribution in [2.75, 3.05) is 0 Å². The number of hydrogen-bond acceptors (Lipinski definition) is 0. The van der Waals surface area contributed by atoms with Crippen LogP contribution in [0, 0.1) is 0 Å². The average Bonchev–Trinajstić information content (AvgIpc) is 2.28. The van der Waals surface area contributed by atoms with Crippen molar-refractivity contribution in [3.05, 3.63) is 68.1 Å². The molecule has 88 valence electrons. The fraction of sp³-hybridized carbons (Fsp3) is 0.0769. The Bertz CT molecular complexity index is 503. The van der Waals surface area contributed by atoms with Crippen molar-refractivity contribution < 1.29 is 0 Å². The van der Waals surface area contributed by atoms with Gasteiger partial charge >= 0.3 is 0 Å². The Morgan fingerprint density at radius 1 is 0.824 bits per heavy atom. The summed E-state index contributed by atoms with van der Waals surface area (Å²) in [6.45, 7) is 0. The average molecular weight is 395 g/mol. The highest BCUT2D eigenvalue weighted by Gasteiger charge is 2.11. The normalized spacial score (nSPS) is 12.5. The van der Waals surface area contributed by atoms with E-state index in [1.54, 1.807) is 6.07 Å². The Morgan fingerprint density at radius 3 is 1.88 bits per heavy atom. The molecule has 4 heteroatoms. The van der Waals surface area contributed by atoms with Gasteiger partial charge in [-0.3, -0.25) is 0 Å². The van der Waals surface area contributed by atoms with Gasteiger partial charge in [-0.1, -0.05) is 67.2 Å². The molecule has 1 atom stereocenters. The minimum Gasteiger partial charge on any atom is -0.0843 e. The second-order valence-corrected chi connectivity index (χ2v) is 6.32. The van der Waals surface area contributed by atoms with Gasteiger partial charge in [0.1, 0.15) is 0 Å². The lowest BCUT2D eigenvalue weighted by molar-refractivity contribution is 1.18. The molecule has 0 saturated carbocycles. The molecule has 2 rings (SSSR count). The first kappa shape index (κ1) is 13.4. The Balaban J connectivity index is 2.36. The lowest BCUT2D eigenvalue weighted by atomic mass is 10.1. The summed E-state index contributed by atoms with van der Waals surface area (Å²) in [6, 6.07) is 13.7. The molecule has 0 aliphatic carbocycles. The first-order valence-corrected chi connectivity index (χ1v) is 7.38. The van der Waals surface area contributed by atoms with Crippen LogP contribution in [0.5, 0.6) is 0 Å². The molecule has 0 heterocycles. The first-order valence-electron chi connectivity index (χ1n) is 4.92. The molecule has 0 N–H and O–H groups in total. The molecular weight excluding hydrogens is 387 g/mol. The van der Waals surface area contributed by atoms with Gasteiger partial charge in [0.05, 0.1) is 4.83 Å². The largest absolute Gasteiger partial charge is 0.0843 e. The van der Waals surface area contributed by atoms with Crippen molar-refractivity contribution in [3.8, 4) is 0 Å². The zero-order chi connectivity index (χ0) is 12.4. The van der Waals surface area contributed by atoms with Crippen molar-refractivity contribution in [1.29, 1.82) is 0 Å². The Hall–Kier alpha value is -0.0200. The third kappa shape index (κ3) is 3.47. The van der Waals surface area contributed by atoms with E-state index in [4.69, 9.17) is 23.2 Å². The van der Waals surface area contributed by atoms with Gasteiger partial charge in [-0.25, -0.2) is 0 Å². The second kappa shape index (κ2) is 5.75. The topological polar surface area (TPSA) is 0 Å². The van der Waals surface area contributed by atoms with E-state index in [1.165, 1.54) is 0 Å². The number of alkyl halides is 1. The van der Waals surface area contributed by atoms with Gasteiger partial charge in [0.2, 0.25) is 0 Å². The lowest BCUT2D eigenvalue weighted by Gasteiger charge is -2.11. The smallest absolute Gasteiger partial charge is 0.0645 e. The quantitative estimate of drug-likeness (QED) is 0.529. The van der Waals surface area contributed by atoms with Crippen molar-refractivity contribution in [2.45, 2.75) is 4.83 Å². The monoisotopic (exact) mass is 392 g/mol. The third-order valence-corrected chi connectivity index (χ3v) is 4.36. The van der Waals surface area contributed by atoms with Gasteiger partial charge in [0.25, 0.3) is 0 Å². The lowest BCUT2D eigenvalue weighted by Crippen LogP contribution is -1.92. The Morgan fingerprint density at radius 2 is 1.35 bits per heavy atom. The number of halogens is 4. The molecule has 0 saturated heterocycles. The molecular formula is C13H8Br2Cl2. The molecule has 0 aromatic heterocycles. The summed E-state index contributed by atoms with van der Waals surface area (Å²) in [6.07, 6.45) is 0. The van der Waals surface area contributed by atoms with Crippen LogP contribution >= 0.6 is 55.1 Å². The fourth-order valence-corrected chi connectivity index (χ4v) is 2.92. The summed E-state index contributed by atoms with van der Waals surface area (Å²) in [5.74, 6) is 0. The minimum absolute atomic E-state index is 0.0896. The Labute approximate surface area is 127 Å². The molecule has 0 radical (unpaired) electrons. The molecule has 0 aliphatic heterocycles. The van der Waals surface area contributed by atoms with Gasteiger partial charge in [0, 0.05) is 14.5 Å². The van der Waals surface area contributed by atoms with E-state index in [9.17, 15) is 0 Å². The van der Waals surface area contributed by atoms with Crippen LogP contribution in [0.1, 0.15) is 16.0 Å². The van der Waals surface area contributed by atoms with Crippen LogP contribution in [0.25, 0.3) is 0 Å². The third-order valence-electron chi connectivity index (χ3n) is 2.34. The SMILES string of the molecule is Clc1cc(Cl)cc(C(Br)c2ccc(Br)cc2)c1. The van der Waals surface area contributed by atoms with Crippen LogP contribution in [0.15, 0.2) is 46.9 Å². The zero-order valence-electron chi connectivity index (χ0n) is 8.63. The zero-order valence-corrected chi connectivity index (χ0v) is 13.3. The number of hydrogen-bond donors (Lipinski definition) is 0. The molecule has 2 aromatic carbocycles. The summed E-state index contributed by atoms with van der Waals surface area (Å²) in [5.41, 5.74) is 2.20. The highest BCUT2D eigenvalue weighted by atomic mass is 79.9. The molecule has 0 fully saturated rings. The summed E-state index contributed by atoms with van der Waals surface area (Å²) >= 11 is 19.1. The fourth-order valence-electron chi connectivity index (χ4n) is 1.55. The van der Waals surface area contributed by atoms with E-state index in [0.717, 1.165) is 15.6 Å². The van der Waals surface area contributed by atoms with Crippen molar-refractivity contribution in [3.63, 3.8) is 0 Å². The molecule has 0 bridgehead atoms. The van der Waals surface area contributed by atoms with Crippen LogP contribution in [0.3, 0.4) is 0 Å². The maximum absolute atomic E-state index is 5.99. The van der Waals surface area contributed by atoms with Crippen molar-refractivity contribution >= 4 is 55.1 Å². The van der Waals surface area contributed by atoms with Gasteiger partial charge in [0.15, 0.2) is 0 Å². The number of rotatable bonds is 2. The van der Waals surface area contributed by atoms with Crippen LogP contribution in [0.2, 0.25) is 10.0 Å². The van der Waals surface area contributed by atoms with E-state index in [-0.39, 0.29) is 4.83 Å². The minimum atomic E-state index is 0.0896. The van der Waals surface area contributed by atoms with E-state index >= 15 is 0 Å². The Kier molecular flexibility index (Phi) is 4.53. The van der Waals surface area contributed by atoms with Gasteiger partial charge in [-0.15, -0.1) is 0 Å². The molecule has 0 aliphatic rings. The van der Waals surface area contributed by atoms with Crippen molar-refractivity contribution in [2.24, 2.45) is 0 Å². The van der Waals surface area contributed by atoms with E-state index in [0.29, 0.717) is 10.0 Å². The molecule has 0 amide bonds. The van der Waals surface area contributed by atoms with E-state index in [1.807, 2.05) is 24.3 Å². The highest BCUT2D eigenvalue weighted by Crippen LogP contribution is 2.34. The van der Waals surface area contributed by atoms with E-state index in [2.05, 4.69) is 44.0 Å². The molecule has 0 nitrogen and oxygen atoms in total. The highest BCUT2D eigenvalue weighted by molar-refractivity contribution is 9.10. The molecule has 17 heavy (non-hydrogen) atoms. The maximum atomic E-state index is 5.99. The van der Waals surface area contributed by atoms with Gasteiger partial charge in [-0.05, 0) is 41.5 Å². The summed E-state index contributed by atoms with van der Waals surface area (Å²) in [5, 5.41) is 1.29. The predicted octanol–water partition coefficient (Wildman–Crippen LogP) is 6.24. The first-order chi connectivity index (χ1) is 8.06. The predicted molar refractivity (Wildman–Crippen MR) is 81.4 cm³/mol. The summed E-state index contributed by atoms with van der Waals surface area (Å²) < 4.78 is 1.06. The van der Waals surface area contributed by atoms with Gasteiger partial charge in [-0.2, -0.15) is 0 Å². The molecule has 2 aromatic rings. The maximum Gasteiger partial charge on any atom is 0.0645 e. The summed E-state index contributed by atoms with van der Waals surface area (Å²) in [4.78, 5) is 0.0896. The van der Waals surface area contributed by atoms with Crippen LogP contribution < -0.4 is 0 Å². The molecule has 0 spiro atoms. The van der Waals surface area contributed by atoms with Gasteiger partial charge < -0.3 is 0 Å². The van der Waals surface area contributed by atoms with Crippen LogP contribution in [0.4, 0.5) is 0 Å². The van der Waals surface area contributed by atoms with Crippen LogP contribution in [-0.2, 0) is 0 Å². The van der Waals surface area contributed by atoms with Crippen LogP contribution in [-0.4, -0.2) is 0 Å². The van der Waals surface area contributed by atoms with E-state index < -0.39 is 0 Å².